The first-order valence-electron chi connectivity index (χ1n) is 8.80. The number of nitrogens with zero attached hydrogens (tertiary/aromatic N) is 2. The molecule has 0 fully saturated rings. The van der Waals surface area contributed by atoms with Crippen molar-refractivity contribution in [3.8, 4) is 0 Å². The predicted molar refractivity (Wildman–Crippen MR) is 107 cm³/mol. The molecule has 0 aliphatic rings. The van der Waals surface area contributed by atoms with Gasteiger partial charge in [0.15, 0.2) is 0 Å². The largest absolute Gasteiger partial charge is 0.347 e. The van der Waals surface area contributed by atoms with Crippen LogP contribution in [0, 0.1) is 12.7 Å². The zero-order valence-corrected chi connectivity index (χ0v) is 16.3. The van der Waals surface area contributed by atoms with Gasteiger partial charge in [0.25, 0.3) is 11.8 Å². The zero-order valence-electron chi connectivity index (χ0n) is 15.6. The quantitative estimate of drug-likeness (QED) is 0.649. The molecule has 8 heteroatoms. The third-order valence-electron chi connectivity index (χ3n) is 4.10. The second kappa shape index (κ2) is 9.25. The average Bonchev–Trinajstić information content (AvgIpc) is 2.72. The Hall–Kier alpha value is -3.32. The Labute approximate surface area is 172 Å². The van der Waals surface area contributed by atoms with E-state index in [0.717, 1.165) is 17.5 Å². The number of rotatable bonds is 6. The number of aromatic nitrogens is 2. The van der Waals surface area contributed by atoms with E-state index in [-0.39, 0.29) is 23.0 Å². The third kappa shape index (κ3) is 5.58. The molecule has 1 aromatic heterocycles. The van der Waals surface area contributed by atoms with Gasteiger partial charge in [0.05, 0.1) is 5.02 Å². The number of carbonyl (C=O) groups is 2. The molecule has 1 heterocycles. The highest BCUT2D eigenvalue weighted by atomic mass is 35.5. The van der Waals surface area contributed by atoms with E-state index in [1.165, 1.54) is 24.3 Å². The molecule has 6 nitrogen and oxygen atoms in total. The van der Waals surface area contributed by atoms with Gasteiger partial charge in [-0.05, 0) is 30.2 Å². The Balaban J connectivity index is 1.61. The molecular formula is C21H18ClFN4O2. The molecule has 0 saturated carbocycles. The number of hydrogen-bond acceptors (Lipinski definition) is 4. The van der Waals surface area contributed by atoms with Crippen LogP contribution in [0.4, 0.5) is 4.39 Å². The Morgan fingerprint density at radius 1 is 0.931 bits per heavy atom. The minimum absolute atomic E-state index is 0.0219. The Kier molecular flexibility index (Phi) is 6.51. The average molecular weight is 413 g/mol. The van der Waals surface area contributed by atoms with Crippen LogP contribution in [-0.4, -0.2) is 21.8 Å². The van der Waals surface area contributed by atoms with E-state index < -0.39 is 17.6 Å². The molecule has 0 bridgehead atoms. The summed E-state index contributed by atoms with van der Waals surface area (Å²) in [7, 11) is 0. The number of amides is 2. The summed E-state index contributed by atoms with van der Waals surface area (Å²) >= 11 is 5.73. The van der Waals surface area contributed by atoms with E-state index in [1.54, 1.807) is 0 Å². The predicted octanol–water partition coefficient (Wildman–Crippen LogP) is 3.44. The van der Waals surface area contributed by atoms with E-state index >= 15 is 0 Å². The topological polar surface area (TPSA) is 84.0 Å². The summed E-state index contributed by atoms with van der Waals surface area (Å²) in [5.41, 5.74) is 2.83. The molecule has 2 aromatic carbocycles. The number of halogens is 2. The van der Waals surface area contributed by atoms with E-state index in [9.17, 15) is 14.0 Å². The minimum atomic E-state index is -0.529. The van der Waals surface area contributed by atoms with Crippen molar-refractivity contribution >= 4 is 23.4 Å². The van der Waals surface area contributed by atoms with Crippen molar-refractivity contribution in [2.75, 3.05) is 0 Å². The highest BCUT2D eigenvalue weighted by molar-refractivity contribution is 6.30. The van der Waals surface area contributed by atoms with Crippen LogP contribution in [0.1, 0.15) is 37.7 Å². The van der Waals surface area contributed by atoms with Crippen LogP contribution in [0.5, 0.6) is 0 Å². The molecule has 0 unspecified atom stereocenters. The number of nitrogens with one attached hydrogen (secondary N) is 2. The van der Waals surface area contributed by atoms with Crippen molar-refractivity contribution < 1.29 is 14.0 Å². The van der Waals surface area contributed by atoms with Crippen LogP contribution >= 0.6 is 11.6 Å². The van der Waals surface area contributed by atoms with Gasteiger partial charge >= 0.3 is 0 Å². The van der Waals surface area contributed by atoms with Gasteiger partial charge < -0.3 is 10.6 Å². The molecule has 0 radical (unpaired) electrons. The highest BCUT2D eigenvalue weighted by Gasteiger charge is 2.13. The lowest BCUT2D eigenvalue weighted by molar-refractivity contribution is 0.0944. The fourth-order valence-electron chi connectivity index (χ4n) is 2.62. The van der Waals surface area contributed by atoms with E-state index in [0.29, 0.717) is 12.1 Å². The fraction of sp³-hybridized carbons (Fsp3) is 0.143. The molecular weight excluding hydrogens is 395 g/mol. The van der Waals surface area contributed by atoms with Gasteiger partial charge in [0.2, 0.25) is 0 Å². The van der Waals surface area contributed by atoms with Crippen molar-refractivity contribution in [1.82, 2.24) is 20.6 Å². The van der Waals surface area contributed by atoms with E-state index in [4.69, 9.17) is 11.6 Å². The standard InChI is InChI=1S/C21H18ClFN4O2/c1-13-3-2-4-14(7-13)10-24-20(28)18-9-19(27-12-26-18)21(29)25-11-15-5-6-17(23)16(22)8-15/h2-9,12H,10-11H2,1H3,(H,24,28)(H,25,29). The molecule has 29 heavy (non-hydrogen) atoms. The normalized spacial score (nSPS) is 10.4. The maximum atomic E-state index is 13.2. The van der Waals surface area contributed by atoms with Crippen molar-refractivity contribution in [3.63, 3.8) is 0 Å². The number of aryl methyl sites for hydroxylation is 1. The second-order valence-electron chi connectivity index (χ2n) is 6.39. The summed E-state index contributed by atoms with van der Waals surface area (Å²) in [6.45, 7) is 2.45. The van der Waals surface area contributed by atoms with E-state index in [1.807, 2.05) is 31.2 Å². The van der Waals surface area contributed by atoms with Gasteiger partial charge in [-0.1, -0.05) is 47.5 Å². The SMILES string of the molecule is Cc1cccc(CNC(=O)c2cc(C(=O)NCc3ccc(F)c(Cl)c3)ncn2)c1. The monoisotopic (exact) mass is 412 g/mol. The van der Waals surface area contributed by atoms with Gasteiger partial charge in [-0.25, -0.2) is 14.4 Å². The van der Waals surface area contributed by atoms with Crippen molar-refractivity contribution in [1.29, 1.82) is 0 Å². The fourth-order valence-corrected chi connectivity index (χ4v) is 2.83. The molecule has 2 N–H and O–H groups in total. The van der Waals surface area contributed by atoms with Gasteiger partial charge in [-0.3, -0.25) is 9.59 Å². The van der Waals surface area contributed by atoms with Crippen molar-refractivity contribution in [2.24, 2.45) is 0 Å². The molecule has 0 spiro atoms. The third-order valence-corrected chi connectivity index (χ3v) is 4.39. The summed E-state index contributed by atoms with van der Waals surface area (Å²) in [6.07, 6.45) is 1.16. The maximum absolute atomic E-state index is 13.2. The van der Waals surface area contributed by atoms with Crippen LogP contribution in [0.2, 0.25) is 5.02 Å². The zero-order chi connectivity index (χ0) is 20.8. The molecule has 148 valence electrons. The second-order valence-corrected chi connectivity index (χ2v) is 6.80. The summed E-state index contributed by atoms with van der Waals surface area (Å²) < 4.78 is 13.2. The molecule has 2 amide bonds. The molecule has 3 aromatic rings. The Bertz CT molecular complexity index is 1060. The molecule has 0 saturated heterocycles. The Morgan fingerprint density at radius 2 is 1.55 bits per heavy atom. The van der Waals surface area contributed by atoms with Gasteiger partial charge in [0.1, 0.15) is 23.5 Å². The maximum Gasteiger partial charge on any atom is 0.270 e. The lowest BCUT2D eigenvalue weighted by Gasteiger charge is -2.08. The summed E-state index contributed by atoms with van der Waals surface area (Å²) in [5, 5.41) is 5.40. The molecule has 3 rings (SSSR count). The van der Waals surface area contributed by atoms with Gasteiger partial charge in [-0.2, -0.15) is 0 Å². The summed E-state index contributed by atoms with van der Waals surface area (Å²) in [5.74, 6) is -1.42. The number of hydrogen-bond donors (Lipinski definition) is 2. The lowest BCUT2D eigenvalue weighted by Crippen LogP contribution is -2.27. The Morgan fingerprint density at radius 3 is 2.14 bits per heavy atom. The smallest absolute Gasteiger partial charge is 0.270 e. The first-order chi connectivity index (χ1) is 13.9. The van der Waals surface area contributed by atoms with Gasteiger partial charge in [0, 0.05) is 19.2 Å². The van der Waals surface area contributed by atoms with Gasteiger partial charge in [-0.15, -0.1) is 0 Å². The molecule has 0 aliphatic heterocycles. The lowest BCUT2D eigenvalue weighted by atomic mass is 10.1. The first kappa shape index (κ1) is 20.4. The first-order valence-corrected chi connectivity index (χ1v) is 9.18. The van der Waals surface area contributed by atoms with Crippen molar-refractivity contribution in [2.45, 2.75) is 20.0 Å². The number of benzene rings is 2. The van der Waals surface area contributed by atoms with Crippen LogP contribution < -0.4 is 10.6 Å². The summed E-state index contributed by atoms with van der Waals surface area (Å²) in [4.78, 5) is 32.5. The summed E-state index contributed by atoms with van der Waals surface area (Å²) in [6, 6.07) is 13.3. The van der Waals surface area contributed by atoms with Crippen LogP contribution in [-0.2, 0) is 13.1 Å². The number of carbonyl (C=O) groups excluding carboxylic acids is 2. The van der Waals surface area contributed by atoms with Crippen LogP contribution in [0.15, 0.2) is 54.9 Å². The van der Waals surface area contributed by atoms with E-state index in [2.05, 4.69) is 20.6 Å². The molecule has 0 atom stereocenters. The van der Waals surface area contributed by atoms with Crippen molar-refractivity contribution in [3.05, 3.63) is 93.8 Å². The van der Waals surface area contributed by atoms with Crippen LogP contribution in [0.25, 0.3) is 0 Å². The van der Waals surface area contributed by atoms with Crippen LogP contribution in [0.3, 0.4) is 0 Å². The molecule has 0 aliphatic carbocycles. The highest BCUT2D eigenvalue weighted by Crippen LogP contribution is 2.16. The minimum Gasteiger partial charge on any atom is -0.347 e.